The van der Waals surface area contributed by atoms with Gasteiger partial charge in [0.15, 0.2) is 0 Å². The van der Waals surface area contributed by atoms with E-state index in [9.17, 15) is 8.42 Å². The second kappa shape index (κ2) is 5.13. The highest BCUT2D eigenvalue weighted by Crippen LogP contribution is 2.34. The molecule has 0 bridgehead atoms. The Hall–Kier alpha value is -1.07. The van der Waals surface area contributed by atoms with Crippen LogP contribution in [0, 0.1) is 12.8 Å². The van der Waals surface area contributed by atoms with E-state index in [-0.39, 0.29) is 10.9 Å². The van der Waals surface area contributed by atoms with Crippen molar-refractivity contribution < 1.29 is 8.42 Å². The average Bonchev–Trinajstić information content (AvgIpc) is 3.08. The van der Waals surface area contributed by atoms with Crippen molar-refractivity contribution in [3.63, 3.8) is 0 Å². The summed E-state index contributed by atoms with van der Waals surface area (Å²) in [6.07, 6.45) is 2.25. The average molecular weight is 282 g/mol. The lowest BCUT2D eigenvalue weighted by Gasteiger charge is -2.27. The van der Waals surface area contributed by atoms with E-state index < -0.39 is 10.0 Å². The Morgan fingerprint density at radius 2 is 2.00 bits per heavy atom. The summed E-state index contributed by atoms with van der Waals surface area (Å²) in [5, 5.41) is 0. The summed E-state index contributed by atoms with van der Waals surface area (Å²) in [6, 6.07) is 5.17. The predicted octanol–water partition coefficient (Wildman–Crippen LogP) is 2.39. The zero-order chi connectivity index (χ0) is 14.2. The molecule has 0 heterocycles. The van der Waals surface area contributed by atoms with Gasteiger partial charge in [0.1, 0.15) is 4.90 Å². The molecule has 0 atom stereocenters. The highest BCUT2D eigenvalue weighted by molar-refractivity contribution is 7.89. The molecule has 5 heteroatoms. The van der Waals surface area contributed by atoms with Crippen LogP contribution in [-0.4, -0.2) is 25.3 Å². The van der Waals surface area contributed by atoms with Crippen LogP contribution in [0.3, 0.4) is 0 Å². The second-order valence-electron chi connectivity index (χ2n) is 5.61. The van der Waals surface area contributed by atoms with E-state index in [1.54, 1.807) is 29.4 Å². The van der Waals surface area contributed by atoms with Gasteiger partial charge in [-0.15, -0.1) is 0 Å². The summed E-state index contributed by atoms with van der Waals surface area (Å²) in [7, 11) is -3.51. The van der Waals surface area contributed by atoms with Crippen molar-refractivity contribution in [2.24, 2.45) is 5.92 Å². The lowest BCUT2D eigenvalue weighted by Crippen LogP contribution is -2.39. The van der Waals surface area contributed by atoms with E-state index in [1.165, 1.54) is 0 Å². The minimum Gasteiger partial charge on any atom is -0.398 e. The van der Waals surface area contributed by atoms with E-state index in [4.69, 9.17) is 5.73 Å². The molecule has 1 aliphatic carbocycles. The molecule has 0 radical (unpaired) electrons. The fourth-order valence-corrected chi connectivity index (χ4v) is 4.32. The standard InChI is InChI=1S/C14H22N2O2S/c1-10(2)16(9-12-7-8-12)19(17,18)14-11(3)5-4-6-13(14)15/h4-6,10,12H,7-9,15H2,1-3H3. The van der Waals surface area contributed by atoms with Gasteiger partial charge >= 0.3 is 0 Å². The van der Waals surface area contributed by atoms with Gasteiger partial charge in [-0.25, -0.2) is 8.42 Å². The molecule has 0 aliphatic heterocycles. The van der Waals surface area contributed by atoms with Gasteiger partial charge < -0.3 is 5.73 Å². The first-order chi connectivity index (χ1) is 8.84. The Labute approximate surface area is 115 Å². The van der Waals surface area contributed by atoms with E-state index in [0.717, 1.165) is 12.8 Å². The predicted molar refractivity (Wildman–Crippen MR) is 77.3 cm³/mol. The lowest BCUT2D eigenvalue weighted by molar-refractivity contribution is 0.341. The van der Waals surface area contributed by atoms with Crippen molar-refractivity contribution in [1.29, 1.82) is 0 Å². The molecule has 0 unspecified atom stereocenters. The minimum atomic E-state index is -3.51. The molecule has 1 saturated carbocycles. The maximum Gasteiger partial charge on any atom is 0.245 e. The largest absolute Gasteiger partial charge is 0.398 e. The molecule has 0 amide bonds. The summed E-state index contributed by atoms with van der Waals surface area (Å²) in [6.45, 7) is 6.22. The normalized spacial score (nSPS) is 16.3. The number of hydrogen-bond acceptors (Lipinski definition) is 3. The third kappa shape index (κ3) is 2.92. The minimum absolute atomic E-state index is 0.0513. The Kier molecular flexibility index (Phi) is 3.87. The quantitative estimate of drug-likeness (QED) is 0.843. The molecule has 4 nitrogen and oxygen atoms in total. The number of aryl methyl sites for hydroxylation is 1. The SMILES string of the molecule is Cc1cccc(N)c1S(=O)(=O)N(CC1CC1)C(C)C. The number of nitrogen functional groups attached to an aromatic ring is 1. The number of benzene rings is 1. The smallest absolute Gasteiger partial charge is 0.245 e. The first-order valence-electron chi connectivity index (χ1n) is 6.71. The summed E-state index contributed by atoms with van der Waals surface area (Å²) in [4.78, 5) is 0.268. The number of nitrogens with zero attached hydrogens (tertiary/aromatic N) is 1. The van der Waals surface area contributed by atoms with Crippen molar-refractivity contribution in [2.45, 2.75) is 44.6 Å². The van der Waals surface area contributed by atoms with Gasteiger partial charge in [-0.05, 0) is 51.2 Å². The number of anilines is 1. The Morgan fingerprint density at radius 1 is 1.37 bits per heavy atom. The molecule has 0 saturated heterocycles. The van der Waals surface area contributed by atoms with Crippen molar-refractivity contribution in [3.05, 3.63) is 23.8 Å². The van der Waals surface area contributed by atoms with Crippen molar-refractivity contribution in [3.8, 4) is 0 Å². The van der Waals surface area contributed by atoms with Crippen LogP contribution in [-0.2, 0) is 10.0 Å². The van der Waals surface area contributed by atoms with Gasteiger partial charge in [0.2, 0.25) is 10.0 Å². The van der Waals surface area contributed by atoms with Crippen LogP contribution in [0.2, 0.25) is 0 Å². The van der Waals surface area contributed by atoms with E-state index in [1.807, 2.05) is 13.8 Å². The topological polar surface area (TPSA) is 63.4 Å². The molecule has 19 heavy (non-hydrogen) atoms. The van der Waals surface area contributed by atoms with Gasteiger partial charge in [0.25, 0.3) is 0 Å². The second-order valence-corrected chi connectivity index (χ2v) is 7.43. The zero-order valence-corrected chi connectivity index (χ0v) is 12.6. The summed E-state index contributed by atoms with van der Waals surface area (Å²) >= 11 is 0. The summed E-state index contributed by atoms with van der Waals surface area (Å²) in [5.41, 5.74) is 6.93. The van der Waals surface area contributed by atoms with E-state index >= 15 is 0 Å². The molecular weight excluding hydrogens is 260 g/mol. The van der Waals surface area contributed by atoms with Crippen LogP contribution in [0.15, 0.2) is 23.1 Å². The summed E-state index contributed by atoms with van der Waals surface area (Å²) < 4.78 is 27.2. The van der Waals surface area contributed by atoms with E-state index in [2.05, 4.69) is 0 Å². The Morgan fingerprint density at radius 3 is 2.47 bits per heavy atom. The van der Waals surface area contributed by atoms with Crippen LogP contribution in [0.25, 0.3) is 0 Å². The van der Waals surface area contributed by atoms with Crippen LogP contribution < -0.4 is 5.73 Å². The molecule has 106 valence electrons. The highest BCUT2D eigenvalue weighted by Gasteiger charge is 2.34. The van der Waals surface area contributed by atoms with Crippen LogP contribution in [0.5, 0.6) is 0 Å². The molecule has 0 aromatic heterocycles. The molecule has 1 aliphatic rings. The number of sulfonamides is 1. The highest BCUT2D eigenvalue weighted by atomic mass is 32.2. The van der Waals surface area contributed by atoms with Gasteiger partial charge in [0.05, 0.1) is 5.69 Å². The molecule has 0 spiro atoms. The van der Waals surface area contributed by atoms with Crippen molar-refractivity contribution >= 4 is 15.7 Å². The van der Waals surface area contributed by atoms with Crippen molar-refractivity contribution in [2.75, 3.05) is 12.3 Å². The molecule has 1 fully saturated rings. The Balaban J connectivity index is 2.43. The van der Waals surface area contributed by atoms with E-state index in [0.29, 0.717) is 23.7 Å². The monoisotopic (exact) mass is 282 g/mol. The summed E-state index contributed by atoms with van der Waals surface area (Å²) in [5.74, 6) is 0.516. The van der Waals surface area contributed by atoms with Gasteiger partial charge in [0, 0.05) is 12.6 Å². The Bertz CT molecular complexity index is 543. The lowest BCUT2D eigenvalue weighted by atomic mass is 10.2. The molecule has 2 rings (SSSR count). The third-order valence-corrected chi connectivity index (χ3v) is 5.78. The maximum absolute atomic E-state index is 12.8. The third-order valence-electron chi connectivity index (χ3n) is 3.52. The molecule has 2 N–H and O–H groups in total. The molecule has 1 aromatic carbocycles. The number of nitrogens with two attached hydrogens (primary N) is 1. The number of hydrogen-bond donors (Lipinski definition) is 1. The maximum atomic E-state index is 12.8. The fourth-order valence-electron chi connectivity index (χ4n) is 2.29. The van der Waals surface area contributed by atoms with Gasteiger partial charge in [-0.1, -0.05) is 12.1 Å². The number of rotatable bonds is 5. The van der Waals surface area contributed by atoms with Gasteiger partial charge in [-0.2, -0.15) is 4.31 Å². The van der Waals surface area contributed by atoms with Crippen LogP contribution >= 0.6 is 0 Å². The fraction of sp³-hybridized carbons (Fsp3) is 0.571. The first-order valence-corrected chi connectivity index (χ1v) is 8.15. The van der Waals surface area contributed by atoms with Crippen LogP contribution in [0.4, 0.5) is 5.69 Å². The van der Waals surface area contributed by atoms with Crippen LogP contribution in [0.1, 0.15) is 32.3 Å². The van der Waals surface area contributed by atoms with Gasteiger partial charge in [-0.3, -0.25) is 0 Å². The zero-order valence-electron chi connectivity index (χ0n) is 11.8. The molecular formula is C14H22N2O2S. The first kappa shape index (κ1) is 14.3. The van der Waals surface area contributed by atoms with Crippen molar-refractivity contribution in [1.82, 2.24) is 4.31 Å². The molecule has 1 aromatic rings.